The molecule has 1 aromatic rings. The van der Waals surface area contributed by atoms with E-state index in [4.69, 9.17) is 4.74 Å². The number of nitrogens with one attached hydrogen (secondary N) is 1. The normalized spacial score (nSPS) is 28.3. The van der Waals surface area contributed by atoms with E-state index >= 15 is 0 Å². The van der Waals surface area contributed by atoms with Gasteiger partial charge in [-0.05, 0) is 44.7 Å². The molecular formula is C15H20N2O. The Morgan fingerprint density at radius 2 is 2.28 bits per heavy atom. The number of fused-ring (bicyclic) bond motifs is 2. The van der Waals surface area contributed by atoms with Crippen LogP contribution in [0.3, 0.4) is 0 Å². The summed E-state index contributed by atoms with van der Waals surface area (Å²) in [7, 11) is 0. The van der Waals surface area contributed by atoms with Gasteiger partial charge in [-0.25, -0.2) is 0 Å². The minimum atomic E-state index is 0.193. The van der Waals surface area contributed by atoms with Crippen molar-refractivity contribution in [1.29, 1.82) is 0 Å². The van der Waals surface area contributed by atoms with Crippen LogP contribution < -0.4 is 10.1 Å². The molecule has 2 fully saturated rings. The molecule has 0 saturated carbocycles. The molecule has 0 radical (unpaired) electrons. The lowest BCUT2D eigenvalue weighted by atomic mass is 9.93. The minimum Gasteiger partial charge on any atom is -0.489 e. The van der Waals surface area contributed by atoms with Crippen molar-refractivity contribution in [3.05, 3.63) is 29.6 Å². The highest BCUT2D eigenvalue weighted by Gasteiger charge is 2.34. The summed E-state index contributed by atoms with van der Waals surface area (Å²) in [5.74, 6) is 0.857. The van der Waals surface area contributed by atoms with Gasteiger partial charge in [0, 0.05) is 18.3 Å². The standard InChI is InChI=1S/C15H20N2O/c1-10(2)18-14-6-11(8-16-9-14)5-12-7-13-3-4-15(12)17-13/h5-6,8-10,13,15,17H,3-4,7H2,1-2H3. The second kappa shape index (κ2) is 4.73. The van der Waals surface area contributed by atoms with E-state index in [-0.39, 0.29) is 6.10 Å². The van der Waals surface area contributed by atoms with Crippen LogP contribution in [0.1, 0.15) is 38.7 Å². The first-order valence-corrected chi connectivity index (χ1v) is 6.79. The van der Waals surface area contributed by atoms with E-state index in [0.717, 1.165) is 11.3 Å². The van der Waals surface area contributed by atoms with Gasteiger partial charge >= 0.3 is 0 Å². The third-order valence-electron chi connectivity index (χ3n) is 3.63. The first-order chi connectivity index (χ1) is 8.70. The molecule has 1 aromatic heterocycles. The lowest BCUT2D eigenvalue weighted by Crippen LogP contribution is -2.18. The SMILES string of the molecule is CC(C)Oc1cncc(C=C2CC3CCC2N3)c1. The van der Waals surface area contributed by atoms with E-state index < -0.39 is 0 Å². The van der Waals surface area contributed by atoms with Crippen LogP contribution in [0, 0.1) is 0 Å². The zero-order valence-corrected chi connectivity index (χ0v) is 11.0. The summed E-state index contributed by atoms with van der Waals surface area (Å²) < 4.78 is 5.67. The number of nitrogens with zero attached hydrogens (tertiary/aromatic N) is 1. The molecule has 3 rings (SSSR count). The van der Waals surface area contributed by atoms with Crippen molar-refractivity contribution < 1.29 is 4.74 Å². The van der Waals surface area contributed by atoms with E-state index in [1.54, 1.807) is 6.20 Å². The van der Waals surface area contributed by atoms with Crippen LogP contribution in [0.2, 0.25) is 0 Å². The Morgan fingerprint density at radius 3 is 2.94 bits per heavy atom. The fourth-order valence-electron chi connectivity index (χ4n) is 2.92. The Balaban J connectivity index is 1.78. The van der Waals surface area contributed by atoms with Crippen LogP contribution in [-0.4, -0.2) is 23.2 Å². The maximum atomic E-state index is 5.67. The van der Waals surface area contributed by atoms with Crippen molar-refractivity contribution in [2.45, 2.75) is 51.3 Å². The zero-order valence-electron chi connectivity index (χ0n) is 11.0. The van der Waals surface area contributed by atoms with Crippen molar-refractivity contribution in [2.24, 2.45) is 0 Å². The highest BCUT2D eigenvalue weighted by atomic mass is 16.5. The van der Waals surface area contributed by atoms with Crippen molar-refractivity contribution in [1.82, 2.24) is 10.3 Å². The van der Waals surface area contributed by atoms with E-state index in [1.165, 1.54) is 24.8 Å². The fraction of sp³-hybridized carbons (Fsp3) is 0.533. The van der Waals surface area contributed by atoms with Gasteiger partial charge in [0.15, 0.2) is 0 Å². The molecule has 1 N–H and O–H groups in total. The molecule has 2 aliphatic heterocycles. The Morgan fingerprint density at radius 1 is 1.39 bits per heavy atom. The molecule has 3 heteroatoms. The van der Waals surface area contributed by atoms with Crippen LogP contribution in [0.15, 0.2) is 24.0 Å². The van der Waals surface area contributed by atoms with E-state index in [2.05, 4.69) is 22.4 Å². The molecule has 2 bridgehead atoms. The molecule has 0 spiro atoms. The first kappa shape index (κ1) is 11.7. The number of hydrogen-bond acceptors (Lipinski definition) is 3. The van der Waals surface area contributed by atoms with E-state index in [1.807, 2.05) is 20.0 Å². The van der Waals surface area contributed by atoms with Crippen molar-refractivity contribution in [3.63, 3.8) is 0 Å². The smallest absolute Gasteiger partial charge is 0.138 e. The van der Waals surface area contributed by atoms with Crippen LogP contribution >= 0.6 is 0 Å². The Bertz CT molecular complexity index is 467. The summed E-state index contributed by atoms with van der Waals surface area (Å²) in [6.07, 6.45) is 9.96. The lowest BCUT2D eigenvalue weighted by Gasteiger charge is -2.12. The van der Waals surface area contributed by atoms with Crippen molar-refractivity contribution in [2.75, 3.05) is 0 Å². The van der Waals surface area contributed by atoms with Crippen molar-refractivity contribution in [3.8, 4) is 5.75 Å². The number of hydrogen-bond donors (Lipinski definition) is 1. The van der Waals surface area contributed by atoms with Gasteiger partial charge in [0.1, 0.15) is 5.75 Å². The van der Waals surface area contributed by atoms with Crippen LogP contribution in [0.4, 0.5) is 0 Å². The van der Waals surface area contributed by atoms with Gasteiger partial charge in [-0.2, -0.15) is 0 Å². The summed E-state index contributed by atoms with van der Waals surface area (Å²) in [6, 6.07) is 3.39. The number of aromatic nitrogens is 1. The molecule has 3 nitrogen and oxygen atoms in total. The molecule has 18 heavy (non-hydrogen) atoms. The predicted molar refractivity (Wildman–Crippen MR) is 72.5 cm³/mol. The number of pyridine rings is 1. The lowest BCUT2D eigenvalue weighted by molar-refractivity contribution is 0.241. The monoisotopic (exact) mass is 244 g/mol. The second-order valence-corrected chi connectivity index (χ2v) is 5.54. The van der Waals surface area contributed by atoms with E-state index in [0.29, 0.717) is 12.1 Å². The predicted octanol–water partition coefficient (Wildman–Crippen LogP) is 2.78. The topological polar surface area (TPSA) is 34.1 Å². The summed E-state index contributed by atoms with van der Waals surface area (Å²) in [5, 5.41) is 3.63. The van der Waals surface area contributed by atoms with Crippen LogP contribution in [0.25, 0.3) is 6.08 Å². The average molecular weight is 244 g/mol. The summed E-state index contributed by atoms with van der Waals surface area (Å²) in [6.45, 7) is 4.07. The average Bonchev–Trinajstić information content (AvgIpc) is 2.90. The maximum Gasteiger partial charge on any atom is 0.138 e. The molecular weight excluding hydrogens is 224 g/mol. The Hall–Kier alpha value is -1.35. The first-order valence-electron chi connectivity index (χ1n) is 6.79. The number of rotatable bonds is 3. The maximum absolute atomic E-state index is 5.67. The quantitative estimate of drug-likeness (QED) is 0.887. The molecule has 3 heterocycles. The molecule has 2 atom stereocenters. The highest BCUT2D eigenvalue weighted by molar-refractivity contribution is 5.56. The Labute approximate surface area is 108 Å². The van der Waals surface area contributed by atoms with Gasteiger partial charge in [-0.1, -0.05) is 11.6 Å². The summed E-state index contributed by atoms with van der Waals surface area (Å²) in [4.78, 5) is 4.25. The minimum absolute atomic E-state index is 0.193. The summed E-state index contributed by atoms with van der Waals surface area (Å²) in [5.41, 5.74) is 2.67. The third-order valence-corrected chi connectivity index (χ3v) is 3.63. The molecule has 96 valence electrons. The van der Waals surface area contributed by atoms with Gasteiger partial charge in [-0.3, -0.25) is 4.98 Å². The summed E-state index contributed by atoms with van der Waals surface area (Å²) >= 11 is 0. The highest BCUT2D eigenvalue weighted by Crippen LogP contribution is 2.33. The third kappa shape index (κ3) is 2.41. The fourth-order valence-corrected chi connectivity index (χ4v) is 2.92. The molecule has 0 amide bonds. The van der Waals surface area contributed by atoms with Crippen LogP contribution in [-0.2, 0) is 0 Å². The van der Waals surface area contributed by atoms with Gasteiger partial charge in [0.2, 0.25) is 0 Å². The van der Waals surface area contributed by atoms with Crippen LogP contribution in [0.5, 0.6) is 5.75 Å². The van der Waals surface area contributed by atoms with Gasteiger partial charge in [0.25, 0.3) is 0 Å². The molecule has 2 aliphatic rings. The molecule has 2 unspecified atom stereocenters. The van der Waals surface area contributed by atoms with Gasteiger partial charge in [-0.15, -0.1) is 0 Å². The van der Waals surface area contributed by atoms with Gasteiger partial charge in [0.05, 0.1) is 12.3 Å². The zero-order chi connectivity index (χ0) is 12.5. The van der Waals surface area contributed by atoms with Gasteiger partial charge < -0.3 is 10.1 Å². The molecule has 0 aliphatic carbocycles. The molecule has 0 aromatic carbocycles. The largest absolute Gasteiger partial charge is 0.489 e. The second-order valence-electron chi connectivity index (χ2n) is 5.54. The van der Waals surface area contributed by atoms with E-state index in [9.17, 15) is 0 Å². The van der Waals surface area contributed by atoms with Crippen molar-refractivity contribution >= 4 is 6.08 Å². The number of ether oxygens (including phenoxy) is 1. The molecule has 2 saturated heterocycles. The Kier molecular flexibility index (Phi) is 3.08.